The van der Waals surface area contributed by atoms with Gasteiger partial charge in [-0.15, -0.1) is 0 Å². The average molecular weight is 368 g/mol. The molecule has 0 radical (unpaired) electrons. The van der Waals surface area contributed by atoms with Crippen LogP contribution in [0.15, 0.2) is 71.7 Å². The molecule has 1 atom stereocenters. The molecule has 1 heterocycles. The molecule has 2 aromatic carbocycles. The number of halogens is 2. The summed E-state index contributed by atoms with van der Waals surface area (Å²) < 4.78 is 17.0. The first-order chi connectivity index (χ1) is 11.1. The van der Waals surface area contributed by atoms with Crippen LogP contribution in [0.2, 0.25) is 0 Å². The van der Waals surface area contributed by atoms with Gasteiger partial charge in [0.1, 0.15) is 6.33 Å². The van der Waals surface area contributed by atoms with Crippen LogP contribution in [-0.4, -0.2) is 9.97 Å². The van der Waals surface area contributed by atoms with Crippen molar-refractivity contribution in [3.05, 3.63) is 94.0 Å². The van der Waals surface area contributed by atoms with Crippen LogP contribution < -0.4 is 0 Å². The van der Waals surface area contributed by atoms with Gasteiger partial charge >= 0.3 is 0 Å². The second-order valence-corrected chi connectivity index (χ2v) is 5.90. The van der Waals surface area contributed by atoms with Gasteiger partial charge in [-0.05, 0) is 35.4 Å². The lowest BCUT2D eigenvalue weighted by Gasteiger charge is -2.26. The lowest BCUT2D eigenvalue weighted by atomic mass is 9.83. The first-order valence-electron chi connectivity index (χ1n) is 6.85. The van der Waals surface area contributed by atoms with Crippen molar-refractivity contribution in [2.75, 3.05) is 0 Å². The van der Waals surface area contributed by atoms with E-state index in [1.54, 1.807) is 48.5 Å². The molecule has 3 aromatic rings. The number of benzene rings is 2. The van der Waals surface area contributed by atoms with Gasteiger partial charge < -0.3 is 0 Å². The van der Waals surface area contributed by atoms with Gasteiger partial charge in [0.15, 0.2) is 5.67 Å². The van der Waals surface area contributed by atoms with Crippen molar-refractivity contribution in [1.82, 2.24) is 9.97 Å². The van der Waals surface area contributed by atoms with Crippen molar-refractivity contribution in [3.8, 4) is 6.07 Å². The molecule has 3 nitrogen and oxygen atoms in total. The normalized spacial score (nSPS) is 13.1. The van der Waals surface area contributed by atoms with Crippen molar-refractivity contribution in [2.45, 2.75) is 5.67 Å². The summed E-state index contributed by atoms with van der Waals surface area (Å²) >= 11 is 3.36. The second kappa shape index (κ2) is 6.27. The van der Waals surface area contributed by atoms with E-state index in [0.717, 1.165) is 4.47 Å². The number of aromatic nitrogens is 2. The molecule has 0 saturated heterocycles. The molecule has 0 N–H and O–H groups in total. The molecule has 0 fully saturated rings. The Labute approximate surface area is 141 Å². The number of hydrogen-bond acceptors (Lipinski definition) is 3. The molecule has 0 aliphatic rings. The predicted molar refractivity (Wildman–Crippen MR) is 88.3 cm³/mol. The van der Waals surface area contributed by atoms with Gasteiger partial charge in [-0.25, -0.2) is 14.4 Å². The summed E-state index contributed by atoms with van der Waals surface area (Å²) in [6.07, 6.45) is 4.30. The summed E-state index contributed by atoms with van der Waals surface area (Å²) in [5.74, 6) is 0. The Hall–Kier alpha value is -2.58. The largest absolute Gasteiger partial charge is 0.244 e. The molecule has 1 unspecified atom stereocenters. The van der Waals surface area contributed by atoms with E-state index in [9.17, 15) is 0 Å². The first kappa shape index (κ1) is 15.3. The van der Waals surface area contributed by atoms with Gasteiger partial charge in [-0.2, -0.15) is 5.26 Å². The SMILES string of the molecule is N#Cc1ccc(C(F)(c2ccc(Br)cc2)c2cncnc2)cc1. The Bertz CT molecular complexity index is 842. The standard InChI is InChI=1S/C18H11BrFN3/c19-17-7-5-15(6-8-17)18(20,16-10-22-12-23-11-16)14-3-1-13(9-21)2-4-14/h1-8,10-12H. The minimum absolute atomic E-state index is 0.340. The Balaban J connectivity index is 2.21. The maximum absolute atomic E-state index is 16.2. The number of nitrogens with zero attached hydrogens (tertiary/aromatic N) is 3. The number of hydrogen-bond donors (Lipinski definition) is 0. The molecule has 3 rings (SSSR count). The smallest absolute Gasteiger partial charge is 0.189 e. The van der Waals surface area contributed by atoms with E-state index in [1.165, 1.54) is 18.7 Å². The fourth-order valence-electron chi connectivity index (χ4n) is 2.43. The average Bonchev–Trinajstić information content (AvgIpc) is 2.62. The Kier molecular flexibility index (Phi) is 4.18. The van der Waals surface area contributed by atoms with E-state index >= 15 is 4.39 Å². The molecule has 5 heteroatoms. The molecule has 23 heavy (non-hydrogen) atoms. The van der Waals surface area contributed by atoms with E-state index < -0.39 is 5.67 Å². The van der Waals surface area contributed by atoms with Crippen molar-refractivity contribution < 1.29 is 4.39 Å². The zero-order valence-electron chi connectivity index (χ0n) is 11.9. The summed E-state index contributed by atoms with van der Waals surface area (Å²) in [6, 6.07) is 15.5. The fourth-order valence-corrected chi connectivity index (χ4v) is 2.70. The zero-order chi connectivity index (χ0) is 16.3. The molecule has 0 saturated carbocycles. The number of nitriles is 1. The quantitative estimate of drug-likeness (QED) is 0.690. The van der Waals surface area contributed by atoms with Crippen LogP contribution >= 0.6 is 15.9 Å². The van der Waals surface area contributed by atoms with Gasteiger partial charge in [0, 0.05) is 22.4 Å². The highest BCUT2D eigenvalue weighted by Crippen LogP contribution is 2.40. The molecular formula is C18H11BrFN3. The highest BCUT2D eigenvalue weighted by Gasteiger charge is 2.37. The lowest BCUT2D eigenvalue weighted by Crippen LogP contribution is -2.24. The third-order valence-corrected chi connectivity index (χ3v) is 4.14. The minimum Gasteiger partial charge on any atom is -0.244 e. The van der Waals surface area contributed by atoms with Crippen LogP contribution in [0.5, 0.6) is 0 Å². The maximum atomic E-state index is 16.2. The lowest BCUT2D eigenvalue weighted by molar-refractivity contribution is 0.279. The highest BCUT2D eigenvalue weighted by atomic mass is 79.9. The van der Waals surface area contributed by atoms with Crippen LogP contribution in [0.1, 0.15) is 22.3 Å². The molecule has 0 bridgehead atoms. The molecule has 0 spiro atoms. The van der Waals surface area contributed by atoms with E-state index in [4.69, 9.17) is 5.26 Å². The monoisotopic (exact) mass is 367 g/mol. The van der Waals surface area contributed by atoms with Gasteiger partial charge in [0.25, 0.3) is 0 Å². The van der Waals surface area contributed by atoms with E-state index in [-0.39, 0.29) is 0 Å². The molecule has 0 aliphatic carbocycles. The Morgan fingerprint density at radius 2 is 1.39 bits per heavy atom. The van der Waals surface area contributed by atoms with Crippen LogP contribution in [-0.2, 0) is 5.67 Å². The van der Waals surface area contributed by atoms with Crippen molar-refractivity contribution in [3.63, 3.8) is 0 Å². The van der Waals surface area contributed by atoms with Gasteiger partial charge in [-0.1, -0.05) is 40.2 Å². The summed E-state index contributed by atoms with van der Waals surface area (Å²) in [5.41, 5.74) is -0.173. The van der Waals surface area contributed by atoms with Crippen LogP contribution in [0.25, 0.3) is 0 Å². The van der Waals surface area contributed by atoms with Crippen LogP contribution in [0.3, 0.4) is 0 Å². The van der Waals surface area contributed by atoms with Crippen molar-refractivity contribution >= 4 is 15.9 Å². The van der Waals surface area contributed by atoms with Crippen molar-refractivity contribution in [1.29, 1.82) is 5.26 Å². The van der Waals surface area contributed by atoms with Crippen LogP contribution in [0.4, 0.5) is 4.39 Å². The molecular weight excluding hydrogens is 357 g/mol. The first-order valence-corrected chi connectivity index (χ1v) is 7.65. The van der Waals surface area contributed by atoms with Gasteiger partial charge in [0.2, 0.25) is 0 Å². The fraction of sp³-hybridized carbons (Fsp3) is 0.0556. The van der Waals surface area contributed by atoms with Gasteiger partial charge in [0.05, 0.1) is 11.6 Å². The molecule has 0 amide bonds. The Morgan fingerprint density at radius 3 is 1.91 bits per heavy atom. The molecule has 0 aliphatic heterocycles. The zero-order valence-corrected chi connectivity index (χ0v) is 13.5. The minimum atomic E-state index is -1.89. The second-order valence-electron chi connectivity index (χ2n) is 4.98. The summed E-state index contributed by atoms with van der Waals surface area (Å²) in [6.45, 7) is 0. The van der Waals surface area contributed by atoms with Crippen molar-refractivity contribution in [2.24, 2.45) is 0 Å². The topological polar surface area (TPSA) is 49.6 Å². The highest BCUT2D eigenvalue weighted by molar-refractivity contribution is 9.10. The van der Waals surface area contributed by atoms with E-state index in [0.29, 0.717) is 22.3 Å². The number of rotatable bonds is 3. The maximum Gasteiger partial charge on any atom is 0.189 e. The third-order valence-electron chi connectivity index (χ3n) is 3.61. The molecule has 1 aromatic heterocycles. The third kappa shape index (κ3) is 2.86. The number of alkyl halides is 1. The van der Waals surface area contributed by atoms with Crippen LogP contribution in [0, 0.1) is 11.3 Å². The predicted octanol–water partition coefficient (Wildman–Crippen LogP) is 4.37. The van der Waals surface area contributed by atoms with E-state index in [1.807, 2.05) is 6.07 Å². The summed E-state index contributed by atoms with van der Waals surface area (Å²) in [4.78, 5) is 7.88. The van der Waals surface area contributed by atoms with Gasteiger partial charge in [-0.3, -0.25) is 0 Å². The summed E-state index contributed by atoms with van der Waals surface area (Å²) in [7, 11) is 0. The Morgan fingerprint density at radius 1 is 0.870 bits per heavy atom. The summed E-state index contributed by atoms with van der Waals surface area (Å²) in [5, 5.41) is 8.93. The molecule has 112 valence electrons. The van der Waals surface area contributed by atoms with E-state index in [2.05, 4.69) is 25.9 Å².